The zero-order chi connectivity index (χ0) is 24.4. The standard InChI is InChI=1S/C19H13Cl4OS.F6P/c1-24-14-4-6-15(7-5-14)25(18-8-2-12(20)10-16(18)22)19-9-3-13(21)11-17(19)23;1-7(2,3,4,5)6/h2-11H,1H3;/q+1;-1. The minimum absolute atomic E-state index is 0.501. The molecule has 0 bridgehead atoms. The molecule has 176 valence electrons. The van der Waals surface area contributed by atoms with Gasteiger partial charge in [0.1, 0.15) is 16.6 Å². The Morgan fingerprint density at radius 1 is 0.656 bits per heavy atom. The van der Waals surface area contributed by atoms with E-state index in [1.807, 2.05) is 48.5 Å². The van der Waals surface area contributed by atoms with Crippen LogP contribution in [-0.2, 0) is 10.9 Å². The minimum atomic E-state index is -10.7. The van der Waals surface area contributed by atoms with Crippen LogP contribution >= 0.6 is 54.2 Å². The van der Waals surface area contributed by atoms with E-state index in [4.69, 9.17) is 51.1 Å². The van der Waals surface area contributed by atoms with Crippen molar-refractivity contribution in [2.75, 3.05) is 7.11 Å². The number of hydrogen-bond acceptors (Lipinski definition) is 1. The molecule has 0 amide bonds. The molecule has 0 unspecified atom stereocenters. The van der Waals surface area contributed by atoms with Crippen molar-refractivity contribution in [3.05, 3.63) is 80.8 Å². The molecule has 3 rings (SSSR count). The molecule has 1 nitrogen and oxygen atoms in total. The van der Waals surface area contributed by atoms with Crippen molar-refractivity contribution < 1.29 is 29.9 Å². The average molecular weight is 576 g/mol. The van der Waals surface area contributed by atoms with Crippen LogP contribution in [0.5, 0.6) is 5.75 Å². The van der Waals surface area contributed by atoms with Gasteiger partial charge in [0.2, 0.25) is 0 Å². The van der Waals surface area contributed by atoms with E-state index in [0.29, 0.717) is 20.1 Å². The number of rotatable bonds is 4. The summed E-state index contributed by atoms with van der Waals surface area (Å²) in [7, 11) is -9.52. The molecule has 0 saturated carbocycles. The first kappa shape index (κ1) is 27.2. The summed E-state index contributed by atoms with van der Waals surface area (Å²) in [5.41, 5.74) is 0. The maximum atomic E-state index is 9.87. The van der Waals surface area contributed by atoms with E-state index < -0.39 is 18.7 Å². The molecular formula is C19H13Cl4F6OPS. The van der Waals surface area contributed by atoms with Gasteiger partial charge in [0.05, 0.1) is 17.2 Å². The van der Waals surface area contributed by atoms with Gasteiger partial charge in [-0.1, -0.05) is 46.4 Å². The Bertz CT molecular complexity index is 1050. The first-order valence-corrected chi connectivity index (χ1v) is 13.1. The molecule has 0 aliphatic carbocycles. The third-order valence-corrected chi connectivity index (χ3v) is 7.18. The second kappa shape index (κ2) is 9.32. The Kier molecular flexibility index (Phi) is 7.93. The van der Waals surface area contributed by atoms with Crippen molar-refractivity contribution >= 4 is 65.1 Å². The summed E-state index contributed by atoms with van der Waals surface area (Å²) in [5.74, 6) is 0.789. The molecular weight excluding hydrogens is 563 g/mol. The van der Waals surface area contributed by atoms with Crippen LogP contribution in [0, 0.1) is 0 Å². The van der Waals surface area contributed by atoms with Crippen molar-refractivity contribution in [1.29, 1.82) is 0 Å². The summed E-state index contributed by atoms with van der Waals surface area (Å²) in [6, 6.07) is 18.9. The summed E-state index contributed by atoms with van der Waals surface area (Å²) in [6.07, 6.45) is 0. The Hall–Kier alpha value is -1.02. The zero-order valence-electron chi connectivity index (χ0n) is 15.8. The number of methoxy groups -OCH3 is 1. The van der Waals surface area contributed by atoms with Crippen LogP contribution < -0.4 is 4.74 Å². The van der Waals surface area contributed by atoms with Crippen LogP contribution in [0.3, 0.4) is 0 Å². The van der Waals surface area contributed by atoms with E-state index in [9.17, 15) is 25.2 Å². The van der Waals surface area contributed by atoms with Gasteiger partial charge in [-0.25, -0.2) is 0 Å². The van der Waals surface area contributed by atoms with E-state index in [1.165, 1.54) is 0 Å². The quantitative estimate of drug-likeness (QED) is 0.171. The SMILES string of the molecule is COc1ccc([S+](c2ccc(Cl)cc2Cl)c2ccc(Cl)cc2Cl)cc1.F[P-](F)(F)(F)(F)F. The van der Waals surface area contributed by atoms with Gasteiger partial charge >= 0.3 is 33.0 Å². The van der Waals surface area contributed by atoms with Gasteiger partial charge in [0, 0.05) is 10.0 Å². The molecule has 0 atom stereocenters. The van der Waals surface area contributed by atoms with Gasteiger partial charge in [-0.15, -0.1) is 0 Å². The molecule has 3 aromatic rings. The molecule has 0 heterocycles. The van der Waals surface area contributed by atoms with E-state index in [1.54, 1.807) is 19.2 Å². The molecule has 32 heavy (non-hydrogen) atoms. The van der Waals surface area contributed by atoms with Gasteiger partial charge in [0.15, 0.2) is 14.7 Å². The fourth-order valence-electron chi connectivity index (χ4n) is 2.37. The summed E-state index contributed by atoms with van der Waals surface area (Å²) < 4.78 is 64.4. The molecule has 13 heteroatoms. The van der Waals surface area contributed by atoms with Crippen molar-refractivity contribution in [1.82, 2.24) is 0 Å². The first-order chi connectivity index (χ1) is 14.4. The van der Waals surface area contributed by atoms with Crippen LogP contribution in [-0.4, -0.2) is 7.11 Å². The predicted octanol–water partition coefficient (Wildman–Crippen LogP) is 10.8. The second-order valence-corrected chi connectivity index (χ2v) is 11.7. The zero-order valence-corrected chi connectivity index (χ0v) is 20.6. The van der Waals surface area contributed by atoms with Gasteiger partial charge in [-0.3, -0.25) is 0 Å². The van der Waals surface area contributed by atoms with Crippen LogP contribution in [0.1, 0.15) is 0 Å². The summed E-state index contributed by atoms with van der Waals surface area (Å²) in [5, 5.41) is 2.37. The van der Waals surface area contributed by atoms with Crippen molar-refractivity contribution in [3.8, 4) is 5.75 Å². The number of hydrogen-bond donors (Lipinski definition) is 0. The molecule has 0 fully saturated rings. The Balaban J connectivity index is 0.000000451. The molecule has 0 radical (unpaired) electrons. The molecule has 0 aromatic heterocycles. The van der Waals surface area contributed by atoms with E-state index >= 15 is 0 Å². The van der Waals surface area contributed by atoms with E-state index in [0.717, 1.165) is 20.4 Å². The van der Waals surface area contributed by atoms with E-state index in [-0.39, 0.29) is 0 Å². The molecule has 0 spiro atoms. The number of ether oxygens (including phenoxy) is 1. The van der Waals surface area contributed by atoms with Crippen molar-refractivity contribution in [3.63, 3.8) is 0 Å². The Labute approximate surface area is 202 Å². The molecule has 0 N–H and O–H groups in total. The fourth-order valence-corrected chi connectivity index (χ4v) is 5.71. The third kappa shape index (κ3) is 9.46. The summed E-state index contributed by atoms with van der Waals surface area (Å²) >= 11 is 25.1. The third-order valence-electron chi connectivity index (χ3n) is 3.52. The van der Waals surface area contributed by atoms with Crippen molar-refractivity contribution in [2.24, 2.45) is 0 Å². The van der Waals surface area contributed by atoms with Gasteiger partial charge in [0.25, 0.3) is 0 Å². The van der Waals surface area contributed by atoms with Crippen LogP contribution in [0.15, 0.2) is 75.4 Å². The van der Waals surface area contributed by atoms with Crippen LogP contribution in [0.2, 0.25) is 20.1 Å². The Morgan fingerprint density at radius 2 is 1.03 bits per heavy atom. The topological polar surface area (TPSA) is 9.23 Å². The maximum absolute atomic E-state index is 10.7. The van der Waals surface area contributed by atoms with Crippen LogP contribution in [0.25, 0.3) is 0 Å². The van der Waals surface area contributed by atoms with Gasteiger partial charge in [-0.05, 0) is 60.7 Å². The normalized spacial score (nSPS) is 13.6. The molecule has 0 aliphatic heterocycles. The fraction of sp³-hybridized carbons (Fsp3) is 0.0526. The summed E-state index contributed by atoms with van der Waals surface area (Å²) in [4.78, 5) is 2.95. The average Bonchev–Trinajstić information content (AvgIpc) is 2.63. The van der Waals surface area contributed by atoms with Gasteiger partial charge < -0.3 is 4.74 Å². The molecule has 0 aliphatic rings. The number of benzene rings is 3. The summed E-state index contributed by atoms with van der Waals surface area (Å²) in [6.45, 7) is 0. The molecule has 3 aromatic carbocycles. The van der Waals surface area contributed by atoms with E-state index in [2.05, 4.69) is 0 Å². The monoisotopic (exact) mass is 574 g/mol. The second-order valence-electron chi connectivity index (χ2n) is 6.09. The predicted molar refractivity (Wildman–Crippen MR) is 122 cm³/mol. The number of halogens is 10. The van der Waals surface area contributed by atoms with Gasteiger partial charge in [-0.2, -0.15) is 0 Å². The Morgan fingerprint density at radius 3 is 1.34 bits per heavy atom. The molecule has 0 saturated heterocycles. The first-order valence-electron chi connectivity index (χ1n) is 8.29. The van der Waals surface area contributed by atoms with Crippen molar-refractivity contribution in [2.45, 2.75) is 14.7 Å². The van der Waals surface area contributed by atoms with Crippen LogP contribution in [0.4, 0.5) is 25.2 Å².